The van der Waals surface area contributed by atoms with Gasteiger partial charge in [-0.1, -0.05) is 6.07 Å². The van der Waals surface area contributed by atoms with Gasteiger partial charge in [0.2, 0.25) is 0 Å². The Bertz CT molecular complexity index is 608. The molecular formula is C12H11F3N4O. The highest BCUT2D eigenvalue weighted by molar-refractivity contribution is 6.03. The van der Waals surface area contributed by atoms with Crippen molar-refractivity contribution < 1.29 is 18.0 Å². The lowest BCUT2D eigenvalue weighted by molar-refractivity contribution is -0.137. The summed E-state index contributed by atoms with van der Waals surface area (Å²) in [5.41, 5.74) is 4.46. The zero-order chi connectivity index (χ0) is 14.8. The van der Waals surface area contributed by atoms with Gasteiger partial charge in [-0.25, -0.2) is 0 Å². The molecule has 2 rings (SSSR count). The predicted molar refractivity (Wildman–Crippen MR) is 65.9 cm³/mol. The Hall–Kier alpha value is -2.35. The summed E-state index contributed by atoms with van der Waals surface area (Å²) in [6.45, 7) is -0.0160. The van der Waals surface area contributed by atoms with Crippen molar-refractivity contribution in [3.63, 3.8) is 0 Å². The molecule has 0 aliphatic heterocycles. The number of H-pyrrole nitrogens is 1. The number of halogens is 3. The van der Waals surface area contributed by atoms with Crippen LogP contribution in [0.5, 0.6) is 0 Å². The van der Waals surface area contributed by atoms with Gasteiger partial charge in [0.1, 0.15) is 5.69 Å². The number of anilines is 1. The molecule has 1 aromatic carbocycles. The Morgan fingerprint density at radius 1 is 1.35 bits per heavy atom. The highest BCUT2D eigenvalue weighted by Gasteiger charge is 2.34. The van der Waals surface area contributed by atoms with E-state index >= 15 is 0 Å². The number of nitrogens with zero attached hydrogens (tertiary/aromatic N) is 1. The molecule has 0 saturated heterocycles. The SMILES string of the molecule is NCc1ccc(NC(=O)c2ccn[nH]2)c(C(F)(F)F)c1. The van der Waals surface area contributed by atoms with Crippen LogP contribution < -0.4 is 11.1 Å². The second kappa shape index (κ2) is 5.33. The van der Waals surface area contributed by atoms with Crippen LogP contribution in [-0.4, -0.2) is 16.1 Å². The first-order valence-corrected chi connectivity index (χ1v) is 5.62. The Morgan fingerprint density at radius 3 is 2.65 bits per heavy atom. The van der Waals surface area contributed by atoms with Crippen LogP contribution in [-0.2, 0) is 12.7 Å². The molecular weight excluding hydrogens is 273 g/mol. The van der Waals surface area contributed by atoms with E-state index in [0.29, 0.717) is 5.56 Å². The van der Waals surface area contributed by atoms with Crippen molar-refractivity contribution in [1.29, 1.82) is 0 Å². The van der Waals surface area contributed by atoms with Crippen LogP contribution in [0.3, 0.4) is 0 Å². The van der Waals surface area contributed by atoms with E-state index in [-0.39, 0.29) is 17.9 Å². The van der Waals surface area contributed by atoms with Gasteiger partial charge < -0.3 is 11.1 Å². The van der Waals surface area contributed by atoms with Gasteiger partial charge in [-0.05, 0) is 23.8 Å². The van der Waals surface area contributed by atoms with Crippen molar-refractivity contribution in [2.24, 2.45) is 5.73 Å². The van der Waals surface area contributed by atoms with E-state index in [1.54, 1.807) is 0 Å². The van der Waals surface area contributed by atoms with Gasteiger partial charge in [-0.15, -0.1) is 0 Å². The molecule has 0 atom stereocenters. The van der Waals surface area contributed by atoms with Crippen LogP contribution in [0.1, 0.15) is 21.6 Å². The maximum atomic E-state index is 12.9. The standard InChI is InChI=1S/C12H11F3N4O/c13-12(14,15)8-5-7(6-16)1-2-9(8)18-11(20)10-3-4-17-19-10/h1-5H,6,16H2,(H,17,19)(H,18,20). The van der Waals surface area contributed by atoms with E-state index in [1.165, 1.54) is 24.4 Å². The number of nitrogens with two attached hydrogens (primary N) is 1. The van der Waals surface area contributed by atoms with Crippen molar-refractivity contribution in [2.75, 3.05) is 5.32 Å². The third-order valence-corrected chi connectivity index (χ3v) is 2.62. The highest BCUT2D eigenvalue weighted by atomic mass is 19.4. The zero-order valence-electron chi connectivity index (χ0n) is 10.2. The lowest BCUT2D eigenvalue weighted by Crippen LogP contribution is -2.17. The summed E-state index contributed by atoms with van der Waals surface area (Å²) >= 11 is 0. The summed E-state index contributed by atoms with van der Waals surface area (Å²) in [5.74, 6) is -0.700. The zero-order valence-corrected chi connectivity index (χ0v) is 10.2. The molecule has 5 nitrogen and oxygen atoms in total. The van der Waals surface area contributed by atoms with Crippen molar-refractivity contribution >= 4 is 11.6 Å². The second-order valence-corrected chi connectivity index (χ2v) is 4.01. The molecule has 106 valence electrons. The molecule has 0 spiro atoms. The molecule has 0 saturated carbocycles. The number of aromatic amines is 1. The Kier molecular flexibility index (Phi) is 3.75. The van der Waals surface area contributed by atoms with Crippen LogP contribution in [0.25, 0.3) is 0 Å². The van der Waals surface area contributed by atoms with Gasteiger partial charge in [0.25, 0.3) is 5.91 Å². The molecule has 0 unspecified atom stereocenters. The van der Waals surface area contributed by atoms with E-state index in [9.17, 15) is 18.0 Å². The summed E-state index contributed by atoms with van der Waals surface area (Å²) in [4.78, 5) is 11.7. The molecule has 8 heteroatoms. The summed E-state index contributed by atoms with van der Waals surface area (Å²) in [7, 11) is 0. The normalized spacial score (nSPS) is 11.4. The molecule has 0 radical (unpaired) electrons. The maximum absolute atomic E-state index is 12.9. The summed E-state index contributed by atoms with van der Waals surface area (Å²) in [6, 6.07) is 4.89. The monoisotopic (exact) mass is 284 g/mol. The first-order chi connectivity index (χ1) is 9.41. The van der Waals surface area contributed by atoms with E-state index < -0.39 is 17.6 Å². The van der Waals surface area contributed by atoms with Crippen LogP contribution in [0, 0.1) is 0 Å². The quantitative estimate of drug-likeness (QED) is 0.807. The summed E-state index contributed by atoms with van der Waals surface area (Å²) in [6.07, 6.45) is -3.25. The number of amides is 1. The first kappa shape index (κ1) is 14.1. The molecule has 0 aliphatic carbocycles. The largest absolute Gasteiger partial charge is 0.418 e. The van der Waals surface area contributed by atoms with Gasteiger partial charge in [-0.2, -0.15) is 18.3 Å². The van der Waals surface area contributed by atoms with Crippen LogP contribution in [0.15, 0.2) is 30.5 Å². The smallest absolute Gasteiger partial charge is 0.326 e. The number of benzene rings is 1. The fourth-order valence-electron chi connectivity index (χ4n) is 1.63. The van der Waals surface area contributed by atoms with Gasteiger partial charge in [0, 0.05) is 12.7 Å². The fraction of sp³-hybridized carbons (Fsp3) is 0.167. The van der Waals surface area contributed by atoms with Gasteiger partial charge in [-0.3, -0.25) is 9.89 Å². The maximum Gasteiger partial charge on any atom is 0.418 e. The minimum atomic E-state index is -4.58. The minimum Gasteiger partial charge on any atom is -0.326 e. The number of carbonyl (C=O) groups excluding carboxylic acids is 1. The van der Waals surface area contributed by atoms with E-state index in [2.05, 4.69) is 15.5 Å². The first-order valence-electron chi connectivity index (χ1n) is 5.62. The number of rotatable bonds is 3. The second-order valence-electron chi connectivity index (χ2n) is 4.01. The van der Waals surface area contributed by atoms with E-state index in [1.807, 2.05) is 0 Å². The van der Waals surface area contributed by atoms with E-state index in [4.69, 9.17) is 5.73 Å². The third kappa shape index (κ3) is 2.97. The van der Waals surface area contributed by atoms with Crippen molar-refractivity contribution in [3.8, 4) is 0 Å². The average molecular weight is 284 g/mol. The molecule has 2 aromatic rings. The summed E-state index contributed by atoms with van der Waals surface area (Å²) < 4.78 is 38.8. The lowest BCUT2D eigenvalue weighted by Gasteiger charge is -2.14. The number of hydrogen-bond acceptors (Lipinski definition) is 3. The third-order valence-electron chi connectivity index (χ3n) is 2.62. The van der Waals surface area contributed by atoms with Crippen LogP contribution >= 0.6 is 0 Å². The Labute approximate surface area is 112 Å². The predicted octanol–water partition coefficient (Wildman–Crippen LogP) is 2.14. The van der Waals surface area contributed by atoms with Gasteiger partial charge in [0.15, 0.2) is 0 Å². The Balaban J connectivity index is 2.34. The molecule has 0 aliphatic rings. The molecule has 20 heavy (non-hydrogen) atoms. The summed E-state index contributed by atoms with van der Waals surface area (Å²) in [5, 5.41) is 8.13. The van der Waals surface area contributed by atoms with Crippen molar-refractivity contribution in [2.45, 2.75) is 12.7 Å². The highest BCUT2D eigenvalue weighted by Crippen LogP contribution is 2.35. The van der Waals surface area contributed by atoms with Crippen LogP contribution in [0.4, 0.5) is 18.9 Å². The molecule has 4 N–H and O–H groups in total. The lowest BCUT2D eigenvalue weighted by atomic mass is 10.1. The molecule has 1 amide bonds. The molecule has 1 heterocycles. The number of nitrogens with one attached hydrogen (secondary N) is 2. The molecule has 0 bridgehead atoms. The fourth-order valence-corrected chi connectivity index (χ4v) is 1.63. The van der Waals surface area contributed by atoms with Crippen LogP contribution in [0.2, 0.25) is 0 Å². The number of hydrogen-bond donors (Lipinski definition) is 3. The van der Waals surface area contributed by atoms with Crippen molar-refractivity contribution in [3.05, 3.63) is 47.3 Å². The van der Waals surface area contributed by atoms with Gasteiger partial charge >= 0.3 is 6.18 Å². The average Bonchev–Trinajstić information content (AvgIpc) is 2.91. The topological polar surface area (TPSA) is 83.8 Å². The Morgan fingerprint density at radius 2 is 2.10 bits per heavy atom. The number of carbonyl (C=O) groups is 1. The molecule has 0 fully saturated rings. The van der Waals surface area contributed by atoms with Gasteiger partial charge in [0.05, 0.1) is 11.3 Å². The number of alkyl halides is 3. The van der Waals surface area contributed by atoms with Crippen molar-refractivity contribution in [1.82, 2.24) is 10.2 Å². The number of aromatic nitrogens is 2. The van der Waals surface area contributed by atoms with E-state index in [0.717, 1.165) is 6.07 Å². The molecule has 1 aromatic heterocycles. The minimum absolute atomic E-state index is 0.0160.